The van der Waals surface area contributed by atoms with Crippen LogP contribution in [0.3, 0.4) is 0 Å². The van der Waals surface area contributed by atoms with Crippen LogP contribution in [0.5, 0.6) is 0 Å². The lowest BCUT2D eigenvalue weighted by atomic mass is 10.1. The molecule has 2 atom stereocenters. The topological polar surface area (TPSA) is 91.2 Å². The van der Waals surface area contributed by atoms with Gasteiger partial charge in [-0.3, -0.25) is 9.59 Å². The van der Waals surface area contributed by atoms with Crippen molar-refractivity contribution in [3.8, 4) is 0 Å². The molecule has 162 valence electrons. The fourth-order valence-corrected chi connectivity index (χ4v) is 4.49. The molecule has 6 nitrogen and oxygen atoms in total. The molecule has 4 rings (SSSR count). The second-order valence-corrected chi connectivity index (χ2v) is 8.72. The zero-order valence-corrected chi connectivity index (χ0v) is 18.6. The summed E-state index contributed by atoms with van der Waals surface area (Å²) in [5.41, 5.74) is 8.37. The SMILES string of the molecule is CC(NC(=O)c1ccc(C(=O)N2CCCC2CN)c(Cl)c1)c1cc2cc(Cl)ccc2[nH]1. The number of nitrogens with two attached hydrogens (primary N) is 1. The first-order valence-electron chi connectivity index (χ1n) is 10.3. The molecular formula is C23H24Cl2N4O2. The molecule has 1 saturated heterocycles. The molecule has 2 aromatic carbocycles. The van der Waals surface area contributed by atoms with Gasteiger partial charge in [-0.05, 0) is 62.2 Å². The van der Waals surface area contributed by atoms with Crippen LogP contribution >= 0.6 is 23.2 Å². The molecule has 0 saturated carbocycles. The quantitative estimate of drug-likeness (QED) is 0.524. The minimum Gasteiger partial charge on any atom is -0.357 e. The van der Waals surface area contributed by atoms with Crippen LogP contribution in [0.4, 0.5) is 0 Å². The molecule has 1 aliphatic heterocycles. The van der Waals surface area contributed by atoms with E-state index in [1.165, 1.54) is 6.07 Å². The number of aromatic amines is 1. The van der Waals surface area contributed by atoms with Crippen LogP contribution in [-0.4, -0.2) is 40.8 Å². The summed E-state index contributed by atoms with van der Waals surface area (Å²) >= 11 is 12.4. The number of hydrogen-bond donors (Lipinski definition) is 3. The van der Waals surface area contributed by atoms with E-state index >= 15 is 0 Å². The highest BCUT2D eigenvalue weighted by atomic mass is 35.5. The number of carbonyl (C=O) groups excluding carboxylic acids is 2. The molecule has 2 unspecified atom stereocenters. The van der Waals surface area contributed by atoms with Crippen molar-refractivity contribution >= 4 is 45.9 Å². The summed E-state index contributed by atoms with van der Waals surface area (Å²) in [5.74, 6) is -0.416. The second-order valence-electron chi connectivity index (χ2n) is 7.88. The van der Waals surface area contributed by atoms with Gasteiger partial charge in [0.15, 0.2) is 0 Å². The smallest absolute Gasteiger partial charge is 0.255 e. The van der Waals surface area contributed by atoms with Crippen molar-refractivity contribution in [3.63, 3.8) is 0 Å². The second kappa shape index (κ2) is 8.91. The molecule has 0 radical (unpaired) electrons. The van der Waals surface area contributed by atoms with Gasteiger partial charge in [-0.1, -0.05) is 23.2 Å². The number of nitrogens with zero attached hydrogens (tertiary/aromatic N) is 1. The maximum atomic E-state index is 12.9. The number of rotatable bonds is 5. The predicted molar refractivity (Wildman–Crippen MR) is 124 cm³/mol. The first kappa shape index (κ1) is 21.7. The summed E-state index contributed by atoms with van der Waals surface area (Å²) in [5, 5.41) is 4.86. The summed E-state index contributed by atoms with van der Waals surface area (Å²) in [6, 6.07) is 12.1. The zero-order chi connectivity index (χ0) is 22.1. The number of H-pyrrole nitrogens is 1. The molecule has 3 aromatic rings. The number of amides is 2. The highest BCUT2D eigenvalue weighted by Crippen LogP contribution is 2.26. The standard InChI is InChI=1S/C23H24Cl2N4O2/c1-13(21-11-15-9-16(24)5-7-20(15)28-21)27-22(30)14-4-6-18(19(25)10-14)23(31)29-8-2-3-17(29)12-26/h4-7,9-11,13,17,28H,2-3,8,12,26H2,1H3,(H,27,30). The number of halogens is 2. The average molecular weight is 459 g/mol. The molecule has 0 bridgehead atoms. The third-order valence-electron chi connectivity index (χ3n) is 5.79. The summed E-state index contributed by atoms with van der Waals surface area (Å²) in [6.07, 6.45) is 1.84. The van der Waals surface area contributed by atoms with Crippen molar-refractivity contribution in [1.82, 2.24) is 15.2 Å². The van der Waals surface area contributed by atoms with Crippen LogP contribution in [0.25, 0.3) is 10.9 Å². The average Bonchev–Trinajstić information content (AvgIpc) is 3.39. The third kappa shape index (κ3) is 4.42. The van der Waals surface area contributed by atoms with Crippen LogP contribution in [0.1, 0.15) is 52.2 Å². The maximum absolute atomic E-state index is 12.9. The highest BCUT2D eigenvalue weighted by molar-refractivity contribution is 6.34. The molecule has 2 heterocycles. The van der Waals surface area contributed by atoms with E-state index in [1.54, 1.807) is 17.0 Å². The summed E-state index contributed by atoms with van der Waals surface area (Å²) in [7, 11) is 0. The van der Waals surface area contributed by atoms with Gasteiger partial charge in [0.05, 0.1) is 16.6 Å². The van der Waals surface area contributed by atoms with Crippen molar-refractivity contribution in [3.05, 3.63) is 69.3 Å². The number of carbonyl (C=O) groups is 2. The summed E-state index contributed by atoms with van der Waals surface area (Å²) in [6.45, 7) is 3.00. The lowest BCUT2D eigenvalue weighted by molar-refractivity contribution is 0.0740. The minimum atomic E-state index is -0.272. The normalized spacial score (nSPS) is 17.2. The van der Waals surface area contributed by atoms with Gasteiger partial charge in [0, 0.05) is 46.3 Å². The Morgan fingerprint density at radius 2 is 2.03 bits per heavy atom. The molecule has 31 heavy (non-hydrogen) atoms. The van der Waals surface area contributed by atoms with Crippen LogP contribution in [0, 0.1) is 0 Å². The van der Waals surface area contributed by atoms with Crippen LogP contribution < -0.4 is 11.1 Å². The van der Waals surface area contributed by atoms with Gasteiger partial charge < -0.3 is 20.9 Å². The van der Waals surface area contributed by atoms with Crippen LogP contribution in [-0.2, 0) is 0 Å². The highest BCUT2D eigenvalue weighted by Gasteiger charge is 2.29. The van der Waals surface area contributed by atoms with Crippen molar-refractivity contribution < 1.29 is 9.59 Å². The molecule has 1 aromatic heterocycles. The van der Waals surface area contributed by atoms with E-state index in [-0.39, 0.29) is 28.9 Å². The van der Waals surface area contributed by atoms with Gasteiger partial charge >= 0.3 is 0 Å². The van der Waals surface area contributed by atoms with Gasteiger partial charge in [0.25, 0.3) is 11.8 Å². The van der Waals surface area contributed by atoms with Gasteiger partial charge in [-0.15, -0.1) is 0 Å². The molecular weight excluding hydrogens is 435 g/mol. The van der Waals surface area contributed by atoms with Gasteiger partial charge in [-0.2, -0.15) is 0 Å². The van der Waals surface area contributed by atoms with Crippen molar-refractivity contribution in [2.75, 3.05) is 13.1 Å². The molecule has 2 amide bonds. The predicted octanol–water partition coefficient (Wildman–Crippen LogP) is 4.53. The third-order valence-corrected chi connectivity index (χ3v) is 6.34. The molecule has 0 aliphatic carbocycles. The Labute approximate surface area is 190 Å². The Morgan fingerprint density at radius 3 is 2.77 bits per heavy atom. The van der Waals surface area contributed by atoms with E-state index < -0.39 is 0 Å². The van der Waals surface area contributed by atoms with E-state index in [9.17, 15) is 9.59 Å². The Hall–Kier alpha value is -2.54. The summed E-state index contributed by atoms with van der Waals surface area (Å²) < 4.78 is 0. The zero-order valence-electron chi connectivity index (χ0n) is 17.1. The Balaban J connectivity index is 1.48. The Bertz CT molecular complexity index is 1140. The fourth-order valence-electron chi connectivity index (χ4n) is 4.05. The fraction of sp³-hybridized carbons (Fsp3) is 0.304. The van der Waals surface area contributed by atoms with E-state index in [0.29, 0.717) is 29.2 Å². The van der Waals surface area contributed by atoms with Crippen molar-refractivity contribution in [2.45, 2.75) is 31.8 Å². The monoisotopic (exact) mass is 458 g/mol. The van der Waals surface area contributed by atoms with E-state index in [1.807, 2.05) is 31.2 Å². The van der Waals surface area contributed by atoms with Crippen LogP contribution in [0.15, 0.2) is 42.5 Å². The first-order valence-corrected chi connectivity index (χ1v) is 11.0. The van der Waals surface area contributed by atoms with E-state index in [2.05, 4.69) is 10.3 Å². The number of aromatic nitrogens is 1. The summed E-state index contributed by atoms with van der Waals surface area (Å²) in [4.78, 5) is 30.7. The van der Waals surface area contributed by atoms with Crippen LogP contribution in [0.2, 0.25) is 10.0 Å². The van der Waals surface area contributed by atoms with Gasteiger partial charge in [-0.25, -0.2) is 0 Å². The molecule has 4 N–H and O–H groups in total. The van der Waals surface area contributed by atoms with E-state index in [0.717, 1.165) is 29.4 Å². The van der Waals surface area contributed by atoms with Crippen molar-refractivity contribution in [2.24, 2.45) is 5.73 Å². The van der Waals surface area contributed by atoms with Gasteiger partial charge in [0.1, 0.15) is 0 Å². The Kier molecular flexibility index (Phi) is 6.23. The number of fused-ring (bicyclic) bond motifs is 1. The van der Waals surface area contributed by atoms with Crippen molar-refractivity contribution in [1.29, 1.82) is 0 Å². The maximum Gasteiger partial charge on any atom is 0.255 e. The van der Waals surface area contributed by atoms with Gasteiger partial charge in [0.2, 0.25) is 0 Å². The number of likely N-dealkylation sites (tertiary alicyclic amines) is 1. The van der Waals surface area contributed by atoms with E-state index in [4.69, 9.17) is 28.9 Å². The molecule has 0 spiro atoms. The Morgan fingerprint density at radius 1 is 1.23 bits per heavy atom. The molecule has 1 aliphatic rings. The minimum absolute atomic E-state index is 0.0404. The lowest BCUT2D eigenvalue weighted by Crippen LogP contribution is -2.40. The number of nitrogens with one attached hydrogen (secondary N) is 2. The molecule has 8 heteroatoms. The first-order chi connectivity index (χ1) is 14.9. The lowest BCUT2D eigenvalue weighted by Gasteiger charge is -2.24. The largest absolute Gasteiger partial charge is 0.357 e. The molecule has 1 fully saturated rings. The number of benzene rings is 2. The number of hydrogen-bond acceptors (Lipinski definition) is 3.